The summed E-state index contributed by atoms with van der Waals surface area (Å²) in [5, 5.41) is 0. The Morgan fingerprint density at radius 1 is 1.30 bits per heavy atom. The fourth-order valence-electron chi connectivity index (χ4n) is 4.33. The van der Waals surface area contributed by atoms with Crippen molar-refractivity contribution in [3.63, 3.8) is 0 Å². The zero-order valence-corrected chi connectivity index (χ0v) is 14.9. The Labute approximate surface area is 140 Å². The molecule has 3 atom stereocenters. The molecule has 124 valence electrons. The number of hydrogen-bond donors (Lipinski definition) is 0. The van der Waals surface area contributed by atoms with E-state index in [1.807, 2.05) is 6.92 Å². The maximum Gasteiger partial charge on any atom is 0.189 e. The van der Waals surface area contributed by atoms with E-state index in [4.69, 9.17) is 4.74 Å². The first-order valence-electron chi connectivity index (χ1n) is 8.87. The standard InChI is InChI=1S/C21H28O2/c1-12(2)7-6-8-16-11-23-21-15(5)14(4)20(22)18-13(3)9-10-17(16)19(18)21/h7,13,16-17H,4,6,8-11H2,1-3,5H3/t13-,16-,17+/m1/s1. The number of rotatable bonds is 3. The van der Waals surface area contributed by atoms with Gasteiger partial charge in [-0.05, 0) is 58.3 Å². The summed E-state index contributed by atoms with van der Waals surface area (Å²) in [5.74, 6) is 2.47. The quantitative estimate of drug-likeness (QED) is 0.533. The molecule has 0 spiro atoms. The van der Waals surface area contributed by atoms with Crippen LogP contribution >= 0.6 is 0 Å². The van der Waals surface area contributed by atoms with Gasteiger partial charge in [0.25, 0.3) is 0 Å². The van der Waals surface area contributed by atoms with Crippen LogP contribution < -0.4 is 0 Å². The molecule has 1 saturated heterocycles. The van der Waals surface area contributed by atoms with E-state index in [-0.39, 0.29) is 5.78 Å². The Balaban J connectivity index is 1.96. The van der Waals surface area contributed by atoms with E-state index in [2.05, 4.69) is 33.4 Å². The van der Waals surface area contributed by atoms with Gasteiger partial charge in [0.05, 0.1) is 6.61 Å². The molecular formula is C21H28O2. The van der Waals surface area contributed by atoms with E-state index in [0.717, 1.165) is 42.8 Å². The summed E-state index contributed by atoms with van der Waals surface area (Å²) in [6.07, 6.45) is 6.84. The summed E-state index contributed by atoms with van der Waals surface area (Å²) in [5.41, 5.74) is 5.19. The summed E-state index contributed by atoms with van der Waals surface area (Å²) in [4.78, 5) is 12.8. The number of carbonyl (C=O) groups excluding carboxylic acids is 1. The first-order valence-corrected chi connectivity index (χ1v) is 8.87. The third kappa shape index (κ3) is 2.73. The van der Waals surface area contributed by atoms with Crippen LogP contribution in [0.15, 0.2) is 46.3 Å². The smallest absolute Gasteiger partial charge is 0.189 e. The van der Waals surface area contributed by atoms with Gasteiger partial charge in [0.15, 0.2) is 5.78 Å². The van der Waals surface area contributed by atoms with Crippen LogP contribution in [0.1, 0.15) is 53.4 Å². The molecule has 1 heterocycles. The topological polar surface area (TPSA) is 26.3 Å². The second-order valence-electron chi connectivity index (χ2n) is 7.60. The molecular weight excluding hydrogens is 284 g/mol. The van der Waals surface area contributed by atoms with Gasteiger partial charge in [-0.2, -0.15) is 0 Å². The highest BCUT2D eigenvalue weighted by Gasteiger charge is 2.44. The van der Waals surface area contributed by atoms with Crippen LogP contribution in [0, 0.1) is 17.8 Å². The van der Waals surface area contributed by atoms with Gasteiger partial charge in [-0.3, -0.25) is 4.79 Å². The Hall–Kier alpha value is -1.57. The minimum Gasteiger partial charge on any atom is -0.493 e. The van der Waals surface area contributed by atoms with Gasteiger partial charge in [0.1, 0.15) is 5.76 Å². The predicted octanol–water partition coefficient (Wildman–Crippen LogP) is 5.13. The summed E-state index contributed by atoms with van der Waals surface area (Å²) in [7, 11) is 0. The largest absolute Gasteiger partial charge is 0.493 e. The SMILES string of the molecule is C=C1C(=O)C2=C3C(=C1C)OC[C@@H](CCC=C(C)C)[C@@H]3CC[C@H]2C. The normalized spacial score (nSPS) is 30.2. The minimum atomic E-state index is 0.159. The Kier molecular flexibility index (Phi) is 4.35. The average Bonchev–Trinajstić information content (AvgIpc) is 2.51. The number of ether oxygens (including phenoxy) is 1. The molecule has 23 heavy (non-hydrogen) atoms. The highest BCUT2D eigenvalue weighted by atomic mass is 16.5. The molecule has 0 aromatic carbocycles. The molecule has 3 aliphatic rings. The van der Waals surface area contributed by atoms with Crippen LogP contribution in [0.4, 0.5) is 0 Å². The lowest BCUT2D eigenvalue weighted by molar-refractivity contribution is -0.113. The van der Waals surface area contributed by atoms with Crippen molar-refractivity contribution < 1.29 is 9.53 Å². The van der Waals surface area contributed by atoms with Gasteiger partial charge >= 0.3 is 0 Å². The van der Waals surface area contributed by atoms with E-state index < -0.39 is 0 Å². The monoisotopic (exact) mass is 312 g/mol. The molecule has 0 saturated carbocycles. The van der Waals surface area contributed by atoms with Crippen LogP contribution in [0.25, 0.3) is 0 Å². The molecule has 1 fully saturated rings. The molecule has 2 heteroatoms. The molecule has 0 aromatic rings. The summed E-state index contributed by atoms with van der Waals surface area (Å²) in [6, 6.07) is 0. The highest BCUT2D eigenvalue weighted by molar-refractivity contribution is 6.13. The molecule has 0 unspecified atom stereocenters. The van der Waals surface area contributed by atoms with Crippen molar-refractivity contribution in [3.05, 3.63) is 46.3 Å². The molecule has 0 amide bonds. The number of carbonyl (C=O) groups is 1. The van der Waals surface area contributed by atoms with Gasteiger partial charge < -0.3 is 4.74 Å². The zero-order chi connectivity index (χ0) is 16.7. The second kappa shape index (κ2) is 6.14. The number of ketones is 1. The molecule has 0 radical (unpaired) electrons. The van der Waals surface area contributed by atoms with Crippen LogP contribution in [0.2, 0.25) is 0 Å². The fourth-order valence-corrected chi connectivity index (χ4v) is 4.33. The van der Waals surface area contributed by atoms with Crippen molar-refractivity contribution in [3.8, 4) is 0 Å². The van der Waals surface area contributed by atoms with Crippen molar-refractivity contribution >= 4 is 5.78 Å². The predicted molar refractivity (Wildman–Crippen MR) is 93.9 cm³/mol. The third-order valence-corrected chi connectivity index (χ3v) is 5.72. The van der Waals surface area contributed by atoms with Crippen molar-refractivity contribution in [2.45, 2.75) is 53.4 Å². The van der Waals surface area contributed by atoms with E-state index in [1.165, 1.54) is 17.6 Å². The van der Waals surface area contributed by atoms with E-state index in [1.54, 1.807) is 0 Å². The van der Waals surface area contributed by atoms with Crippen LogP contribution in [-0.2, 0) is 9.53 Å². The number of hydrogen-bond acceptors (Lipinski definition) is 2. The molecule has 1 aliphatic heterocycles. The highest BCUT2D eigenvalue weighted by Crippen LogP contribution is 2.50. The maximum absolute atomic E-state index is 12.8. The zero-order valence-electron chi connectivity index (χ0n) is 14.9. The van der Waals surface area contributed by atoms with Crippen LogP contribution in [0.3, 0.4) is 0 Å². The van der Waals surface area contributed by atoms with Gasteiger partial charge in [0.2, 0.25) is 0 Å². The second-order valence-corrected chi connectivity index (χ2v) is 7.60. The Morgan fingerprint density at radius 3 is 2.74 bits per heavy atom. The Morgan fingerprint density at radius 2 is 2.04 bits per heavy atom. The first kappa shape index (κ1) is 16.3. The molecule has 0 N–H and O–H groups in total. The third-order valence-electron chi connectivity index (χ3n) is 5.72. The van der Waals surface area contributed by atoms with Crippen molar-refractivity contribution in [1.82, 2.24) is 0 Å². The molecule has 2 aliphatic carbocycles. The lowest BCUT2D eigenvalue weighted by atomic mass is 9.65. The number of Topliss-reactive ketones (excluding diaryl/α,β-unsaturated/α-hetero) is 1. The van der Waals surface area contributed by atoms with Crippen molar-refractivity contribution in [2.75, 3.05) is 6.61 Å². The van der Waals surface area contributed by atoms with Crippen molar-refractivity contribution in [2.24, 2.45) is 17.8 Å². The van der Waals surface area contributed by atoms with Crippen LogP contribution in [-0.4, -0.2) is 12.4 Å². The maximum atomic E-state index is 12.8. The Bertz CT molecular complexity index is 641. The van der Waals surface area contributed by atoms with E-state index in [9.17, 15) is 4.79 Å². The molecule has 0 aromatic heterocycles. The van der Waals surface area contributed by atoms with Gasteiger partial charge in [-0.15, -0.1) is 0 Å². The van der Waals surface area contributed by atoms with Gasteiger partial charge in [0, 0.05) is 28.2 Å². The first-order chi connectivity index (χ1) is 10.9. The minimum absolute atomic E-state index is 0.159. The van der Waals surface area contributed by atoms with Crippen LogP contribution in [0.5, 0.6) is 0 Å². The fraction of sp³-hybridized carbons (Fsp3) is 0.571. The van der Waals surface area contributed by atoms with Gasteiger partial charge in [-0.1, -0.05) is 25.2 Å². The lowest BCUT2D eigenvalue weighted by Gasteiger charge is -2.44. The molecule has 3 rings (SSSR count). The number of allylic oxidation sites excluding steroid dienone is 6. The van der Waals surface area contributed by atoms with Crippen molar-refractivity contribution in [1.29, 1.82) is 0 Å². The van der Waals surface area contributed by atoms with Gasteiger partial charge in [-0.25, -0.2) is 0 Å². The lowest BCUT2D eigenvalue weighted by Crippen LogP contribution is -2.38. The van der Waals surface area contributed by atoms with E-state index in [0.29, 0.717) is 23.3 Å². The molecule has 0 bridgehead atoms. The molecule has 2 nitrogen and oxygen atoms in total. The summed E-state index contributed by atoms with van der Waals surface area (Å²) < 4.78 is 6.16. The van der Waals surface area contributed by atoms with E-state index >= 15 is 0 Å². The average molecular weight is 312 g/mol. The summed E-state index contributed by atoms with van der Waals surface area (Å²) in [6.45, 7) is 13.2. The summed E-state index contributed by atoms with van der Waals surface area (Å²) >= 11 is 0.